The van der Waals surface area contributed by atoms with Gasteiger partial charge in [0.15, 0.2) is 0 Å². The van der Waals surface area contributed by atoms with Crippen molar-refractivity contribution in [2.24, 2.45) is 12.8 Å². The van der Waals surface area contributed by atoms with Crippen molar-refractivity contribution in [1.82, 2.24) is 4.57 Å². The molecule has 0 saturated carbocycles. The Balaban J connectivity index is 2.79. The van der Waals surface area contributed by atoms with E-state index >= 15 is 0 Å². The Hall–Kier alpha value is -0.800. The van der Waals surface area contributed by atoms with Crippen molar-refractivity contribution < 1.29 is 0 Å². The second-order valence-corrected chi connectivity index (χ2v) is 4.62. The van der Waals surface area contributed by atoms with Crippen molar-refractivity contribution in [3.63, 3.8) is 0 Å². The third kappa shape index (κ3) is 1.60. The molecule has 0 atom stereocenters. The van der Waals surface area contributed by atoms with Gasteiger partial charge in [-0.25, -0.2) is 0 Å². The van der Waals surface area contributed by atoms with Gasteiger partial charge in [0, 0.05) is 29.0 Å². The van der Waals surface area contributed by atoms with Gasteiger partial charge in [-0.2, -0.15) is 0 Å². The molecule has 0 spiro atoms. The van der Waals surface area contributed by atoms with Crippen LogP contribution in [0, 0.1) is 6.92 Å². The summed E-state index contributed by atoms with van der Waals surface area (Å²) in [5, 5.41) is 1.28. The second-order valence-electron chi connectivity index (χ2n) is 3.83. The van der Waals surface area contributed by atoms with Gasteiger partial charge < -0.3 is 10.3 Å². The molecule has 2 rings (SSSR count). The number of benzene rings is 1. The molecule has 2 aromatic rings. The molecule has 1 heterocycles. The van der Waals surface area contributed by atoms with Crippen LogP contribution >= 0.6 is 15.9 Å². The number of fused-ring (bicyclic) bond motifs is 1. The first-order valence-electron chi connectivity index (χ1n) is 5.09. The van der Waals surface area contributed by atoms with Crippen molar-refractivity contribution in [3.05, 3.63) is 33.9 Å². The van der Waals surface area contributed by atoms with Gasteiger partial charge in [-0.1, -0.05) is 18.2 Å². The van der Waals surface area contributed by atoms with Crippen LogP contribution in [0.15, 0.2) is 22.7 Å². The highest BCUT2D eigenvalue weighted by Gasteiger charge is 2.13. The van der Waals surface area contributed by atoms with Crippen LogP contribution in [0.3, 0.4) is 0 Å². The Morgan fingerprint density at radius 3 is 2.73 bits per heavy atom. The van der Waals surface area contributed by atoms with E-state index in [-0.39, 0.29) is 0 Å². The minimum Gasteiger partial charge on any atom is -0.346 e. The Morgan fingerprint density at radius 1 is 1.40 bits per heavy atom. The van der Waals surface area contributed by atoms with Crippen LogP contribution in [0.4, 0.5) is 0 Å². The van der Waals surface area contributed by atoms with Crippen LogP contribution in [0.1, 0.15) is 11.3 Å². The first kappa shape index (κ1) is 10.7. The fourth-order valence-electron chi connectivity index (χ4n) is 2.13. The van der Waals surface area contributed by atoms with Crippen LogP contribution in [0.25, 0.3) is 10.9 Å². The number of nitrogens with two attached hydrogens (primary N) is 1. The summed E-state index contributed by atoms with van der Waals surface area (Å²) in [6.45, 7) is 2.82. The van der Waals surface area contributed by atoms with E-state index in [4.69, 9.17) is 5.73 Å². The number of nitrogens with zero attached hydrogens (tertiary/aromatic N) is 1. The first-order valence-corrected chi connectivity index (χ1v) is 5.88. The molecule has 0 aliphatic rings. The van der Waals surface area contributed by atoms with Gasteiger partial charge in [0.2, 0.25) is 0 Å². The lowest BCUT2D eigenvalue weighted by atomic mass is 10.2. The average molecular weight is 267 g/mol. The number of hydrogen-bond acceptors (Lipinski definition) is 1. The summed E-state index contributed by atoms with van der Waals surface area (Å²) < 4.78 is 3.43. The van der Waals surface area contributed by atoms with E-state index in [0.29, 0.717) is 6.54 Å². The lowest BCUT2D eigenvalue weighted by Crippen LogP contribution is -2.07. The highest BCUT2D eigenvalue weighted by molar-refractivity contribution is 9.10. The van der Waals surface area contributed by atoms with Crippen molar-refractivity contribution in [2.75, 3.05) is 6.54 Å². The summed E-state index contributed by atoms with van der Waals surface area (Å²) in [6.07, 6.45) is 0.908. The minimum atomic E-state index is 0.682. The molecule has 3 heteroatoms. The maximum absolute atomic E-state index is 5.62. The molecule has 0 aliphatic heterocycles. The summed E-state index contributed by atoms with van der Waals surface area (Å²) in [4.78, 5) is 0. The first-order chi connectivity index (χ1) is 7.16. The smallest absolute Gasteiger partial charge is 0.0521 e. The lowest BCUT2D eigenvalue weighted by Gasteiger charge is -2.04. The van der Waals surface area contributed by atoms with E-state index in [1.807, 2.05) is 0 Å². The maximum Gasteiger partial charge on any atom is 0.0521 e. The van der Waals surface area contributed by atoms with Gasteiger partial charge in [0.05, 0.1) is 5.52 Å². The Labute approximate surface area is 98.2 Å². The Kier molecular flexibility index (Phi) is 2.85. The molecular formula is C12H15BrN2. The summed E-state index contributed by atoms with van der Waals surface area (Å²) in [5.74, 6) is 0. The van der Waals surface area contributed by atoms with Crippen LogP contribution in [-0.4, -0.2) is 11.1 Å². The van der Waals surface area contributed by atoms with E-state index in [2.05, 4.69) is 52.7 Å². The highest BCUT2D eigenvalue weighted by Crippen LogP contribution is 2.32. The molecule has 2 N–H and O–H groups in total. The molecule has 0 amide bonds. The van der Waals surface area contributed by atoms with Crippen molar-refractivity contribution in [2.45, 2.75) is 13.3 Å². The van der Waals surface area contributed by atoms with E-state index < -0.39 is 0 Å². The number of aromatic nitrogens is 1. The lowest BCUT2D eigenvalue weighted by molar-refractivity contribution is 0.821. The maximum atomic E-state index is 5.62. The highest BCUT2D eigenvalue weighted by atomic mass is 79.9. The predicted molar refractivity (Wildman–Crippen MR) is 68.1 cm³/mol. The molecule has 0 unspecified atom stereocenters. The average Bonchev–Trinajstić information content (AvgIpc) is 2.45. The van der Waals surface area contributed by atoms with Crippen LogP contribution in [0.5, 0.6) is 0 Å². The van der Waals surface area contributed by atoms with E-state index in [9.17, 15) is 0 Å². The van der Waals surface area contributed by atoms with Crippen LogP contribution in [0.2, 0.25) is 0 Å². The third-order valence-corrected chi connectivity index (χ3v) is 3.73. The van der Waals surface area contributed by atoms with E-state index in [1.165, 1.54) is 26.6 Å². The second kappa shape index (κ2) is 3.99. The van der Waals surface area contributed by atoms with Gasteiger partial charge in [-0.05, 0) is 35.0 Å². The van der Waals surface area contributed by atoms with Gasteiger partial charge >= 0.3 is 0 Å². The Bertz CT molecular complexity index is 500. The fraction of sp³-hybridized carbons (Fsp3) is 0.333. The van der Waals surface area contributed by atoms with Gasteiger partial charge in [0.25, 0.3) is 0 Å². The van der Waals surface area contributed by atoms with E-state index in [0.717, 1.165) is 6.42 Å². The van der Waals surface area contributed by atoms with E-state index in [1.54, 1.807) is 0 Å². The number of rotatable bonds is 2. The zero-order valence-corrected chi connectivity index (χ0v) is 10.6. The normalized spacial score (nSPS) is 11.2. The number of halogens is 1. The Morgan fingerprint density at radius 2 is 2.13 bits per heavy atom. The molecule has 0 aliphatic carbocycles. The molecule has 15 heavy (non-hydrogen) atoms. The molecule has 2 nitrogen and oxygen atoms in total. The number of hydrogen-bond donors (Lipinski definition) is 1. The standard InChI is InChI=1S/C12H15BrN2/c1-8-4-3-5-9-11(13)10(6-7-14)15(2)12(8)9/h3-5H,6-7,14H2,1-2H3. The monoisotopic (exact) mass is 266 g/mol. The quantitative estimate of drug-likeness (QED) is 0.891. The van der Waals surface area contributed by atoms with Crippen molar-refractivity contribution >= 4 is 26.8 Å². The summed E-state index contributed by atoms with van der Waals surface area (Å²) >= 11 is 3.66. The third-order valence-electron chi connectivity index (χ3n) is 2.85. The van der Waals surface area contributed by atoms with Crippen molar-refractivity contribution in [3.8, 4) is 0 Å². The summed E-state index contributed by atoms with van der Waals surface area (Å²) in [6, 6.07) is 6.38. The predicted octanol–water partition coefficient (Wildman–Crippen LogP) is 2.75. The van der Waals surface area contributed by atoms with Crippen LogP contribution in [-0.2, 0) is 13.5 Å². The summed E-state index contributed by atoms with van der Waals surface area (Å²) in [5.41, 5.74) is 9.51. The fourth-order valence-corrected chi connectivity index (χ4v) is 2.92. The minimum absolute atomic E-state index is 0.682. The molecule has 0 saturated heterocycles. The van der Waals surface area contributed by atoms with Gasteiger partial charge in [-0.15, -0.1) is 0 Å². The molecular weight excluding hydrogens is 252 g/mol. The molecule has 80 valence electrons. The van der Waals surface area contributed by atoms with Gasteiger partial charge in [-0.3, -0.25) is 0 Å². The summed E-state index contributed by atoms with van der Waals surface area (Å²) in [7, 11) is 2.10. The molecule has 0 bridgehead atoms. The number of aryl methyl sites for hydroxylation is 2. The van der Waals surface area contributed by atoms with Crippen LogP contribution < -0.4 is 5.73 Å². The number of para-hydroxylation sites is 1. The SMILES string of the molecule is Cc1cccc2c(Br)c(CCN)n(C)c12. The molecule has 0 radical (unpaired) electrons. The molecule has 1 aromatic heterocycles. The zero-order chi connectivity index (χ0) is 11.0. The van der Waals surface area contributed by atoms with Gasteiger partial charge in [0.1, 0.15) is 0 Å². The largest absolute Gasteiger partial charge is 0.346 e. The molecule has 1 aromatic carbocycles. The van der Waals surface area contributed by atoms with Crippen molar-refractivity contribution in [1.29, 1.82) is 0 Å². The molecule has 0 fully saturated rings. The zero-order valence-electron chi connectivity index (χ0n) is 9.05. The topological polar surface area (TPSA) is 30.9 Å².